The van der Waals surface area contributed by atoms with Crippen molar-refractivity contribution in [3.63, 3.8) is 0 Å². The fourth-order valence-electron chi connectivity index (χ4n) is 3.53. The van der Waals surface area contributed by atoms with Crippen LogP contribution in [0.1, 0.15) is 32.1 Å². The van der Waals surface area contributed by atoms with E-state index >= 15 is 0 Å². The molecule has 0 amide bonds. The highest BCUT2D eigenvalue weighted by molar-refractivity contribution is 5.65. The molecule has 0 radical (unpaired) electrons. The van der Waals surface area contributed by atoms with Gasteiger partial charge in [-0.05, 0) is 25.2 Å². The molecule has 6 heteroatoms. The van der Waals surface area contributed by atoms with E-state index in [1.54, 1.807) is 13.4 Å². The van der Waals surface area contributed by atoms with Crippen molar-refractivity contribution in [1.82, 2.24) is 9.97 Å². The zero-order valence-corrected chi connectivity index (χ0v) is 11.3. The number of nitrogens with zero attached hydrogens (tertiary/aromatic N) is 3. The van der Waals surface area contributed by atoms with Gasteiger partial charge in [-0.25, -0.2) is 15.8 Å². The molecule has 3 rings (SSSR count). The zero-order valence-electron chi connectivity index (χ0n) is 11.3. The summed E-state index contributed by atoms with van der Waals surface area (Å²) < 4.78 is 5.45. The second-order valence-corrected chi connectivity index (χ2v) is 5.32. The molecule has 0 spiro atoms. The van der Waals surface area contributed by atoms with Crippen LogP contribution in [0, 0.1) is 5.92 Å². The van der Waals surface area contributed by atoms with E-state index in [9.17, 15) is 0 Å². The van der Waals surface area contributed by atoms with Crippen LogP contribution in [0.3, 0.4) is 0 Å². The number of nitrogens with one attached hydrogen (secondary N) is 1. The normalized spacial score (nSPS) is 26.1. The van der Waals surface area contributed by atoms with Crippen LogP contribution in [0.4, 0.5) is 11.6 Å². The van der Waals surface area contributed by atoms with Crippen LogP contribution in [0.15, 0.2) is 6.33 Å². The fourth-order valence-corrected chi connectivity index (χ4v) is 3.53. The van der Waals surface area contributed by atoms with Crippen LogP contribution in [-0.2, 0) is 0 Å². The standard InChI is InChI=1S/C13H21N5O/c1-19-11-12(17-14)15-8-16-13(11)18-7-6-9-4-2-3-5-10(9)18/h8-10H,2-7,14H2,1H3,(H,15,16,17). The molecule has 19 heavy (non-hydrogen) atoms. The van der Waals surface area contributed by atoms with Crippen molar-refractivity contribution in [2.75, 3.05) is 24.0 Å². The number of aromatic nitrogens is 2. The van der Waals surface area contributed by atoms with E-state index in [0.717, 1.165) is 18.3 Å². The Kier molecular flexibility index (Phi) is 3.42. The number of methoxy groups -OCH3 is 1. The van der Waals surface area contributed by atoms with Crippen molar-refractivity contribution in [3.8, 4) is 5.75 Å². The molecule has 6 nitrogen and oxygen atoms in total. The molecule has 104 valence electrons. The van der Waals surface area contributed by atoms with Gasteiger partial charge in [-0.3, -0.25) is 0 Å². The van der Waals surface area contributed by atoms with E-state index in [1.807, 2.05) is 0 Å². The highest BCUT2D eigenvalue weighted by Gasteiger charge is 2.37. The Morgan fingerprint density at radius 3 is 2.95 bits per heavy atom. The Morgan fingerprint density at radius 1 is 1.32 bits per heavy atom. The second-order valence-electron chi connectivity index (χ2n) is 5.32. The number of hydrogen-bond acceptors (Lipinski definition) is 6. The highest BCUT2D eigenvalue weighted by Crippen LogP contribution is 2.42. The molecule has 1 aliphatic heterocycles. The Labute approximate surface area is 113 Å². The van der Waals surface area contributed by atoms with Gasteiger partial charge >= 0.3 is 0 Å². The van der Waals surface area contributed by atoms with Crippen LogP contribution in [0.5, 0.6) is 5.75 Å². The first-order valence-corrected chi connectivity index (χ1v) is 6.97. The third-order valence-electron chi connectivity index (χ3n) is 4.41. The van der Waals surface area contributed by atoms with Crippen LogP contribution < -0.4 is 20.9 Å². The summed E-state index contributed by atoms with van der Waals surface area (Å²) in [6, 6.07) is 0.600. The molecule has 1 aromatic heterocycles. The number of anilines is 2. The topological polar surface area (TPSA) is 76.3 Å². The maximum atomic E-state index is 5.49. The number of rotatable bonds is 3. The van der Waals surface area contributed by atoms with Gasteiger partial charge in [0, 0.05) is 12.6 Å². The predicted molar refractivity (Wildman–Crippen MR) is 74.1 cm³/mol. The Hall–Kier alpha value is -1.56. The first-order chi connectivity index (χ1) is 9.35. The number of fused-ring (bicyclic) bond motifs is 1. The molecule has 2 fully saturated rings. The van der Waals surface area contributed by atoms with E-state index in [-0.39, 0.29) is 0 Å². The van der Waals surface area contributed by atoms with E-state index in [4.69, 9.17) is 10.6 Å². The van der Waals surface area contributed by atoms with E-state index in [0.29, 0.717) is 17.6 Å². The quantitative estimate of drug-likeness (QED) is 0.636. The first kappa shape index (κ1) is 12.5. The molecule has 1 saturated carbocycles. The minimum Gasteiger partial charge on any atom is -0.490 e. The SMILES string of the molecule is COc1c(NN)ncnc1N1CCC2CCCCC21. The number of hydrazine groups is 1. The lowest BCUT2D eigenvalue weighted by Gasteiger charge is -2.33. The summed E-state index contributed by atoms with van der Waals surface area (Å²) >= 11 is 0. The largest absolute Gasteiger partial charge is 0.490 e. The Morgan fingerprint density at radius 2 is 2.16 bits per heavy atom. The summed E-state index contributed by atoms with van der Waals surface area (Å²) in [7, 11) is 1.64. The van der Waals surface area contributed by atoms with Crippen LogP contribution in [0.2, 0.25) is 0 Å². The smallest absolute Gasteiger partial charge is 0.205 e. The third kappa shape index (κ3) is 2.10. The average Bonchev–Trinajstić information content (AvgIpc) is 2.90. The summed E-state index contributed by atoms with van der Waals surface area (Å²) in [5.41, 5.74) is 2.58. The van der Waals surface area contributed by atoms with E-state index in [1.165, 1.54) is 32.1 Å². The van der Waals surface area contributed by atoms with E-state index < -0.39 is 0 Å². The zero-order chi connectivity index (χ0) is 13.2. The predicted octanol–water partition coefficient (Wildman–Crippen LogP) is 1.54. The molecular weight excluding hydrogens is 242 g/mol. The molecular formula is C13H21N5O. The maximum absolute atomic E-state index is 5.49. The number of ether oxygens (including phenoxy) is 1. The molecule has 2 heterocycles. The molecule has 2 atom stereocenters. The third-order valence-corrected chi connectivity index (χ3v) is 4.41. The maximum Gasteiger partial charge on any atom is 0.205 e. The minimum atomic E-state index is 0.548. The summed E-state index contributed by atoms with van der Waals surface area (Å²) in [5, 5.41) is 0. The molecule has 1 aromatic rings. The number of nitrogen functional groups attached to an aromatic ring is 1. The van der Waals surface area contributed by atoms with Crippen LogP contribution >= 0.6 is 0 Å². The second kappa shape index (κ2) is 5.21. The average molecular weight is 263 g/mol. The molecule has 1 saturated heterocycles. The van der Waals surface area contributed by atoms with Crippen molar-refractivity contribution >= 4 is 11.6 Å². The van der Waals surface area contributed by atoms with Gasteiger partial charge in [-0.1, -0.05) is 12.8 Å². The van der Waals surface area contributed by atoms with Gasteiger partial charge < -0.3 is 15.1 Å². The van der Waals surface area contributed by atoms with Gasteiger partial charge in [0.05, 0.1) is 7.11 Å². The van der Waals surface area contributed by atoms with Gasteiger partial charge in [0.25, 0.3) is 0 Å². The molecule has 2 aliphatic rings. The summed E-state index contributed by atoms with van der Waals surface area (Å²) in [6.07, 6.45) is 8.07. The van der Waals surface area contributed by atoms with Crippen molar-refractivity contribution in [3.05, 3.63) is 6.33 Å². The molecule has 0 bridgehead atoms. The van der Waals surface area contributed by atoms with Crippen molar-refractivity contribution in [1.29, 1.82) is 0 Å². The van der Waals surface area contributed by atoms with Crippen LogP contribution in [0.25, 0.3) is 0 Å². The van der Waals surface area contributed by atoms with Crippen molar-refractivity contribution in [2.45, 2.75) is 38.1 Å². The number of nitrogens with two attached hydrogens (primary N) is 1. The molecule has 2 unspecified atom stereocenters. The molecule has 3 N–H and O–H groups in total. The molecule has 1 aliphatic carbocycles. The lowest BCUT2D eigenvalue weighted by Crippen LogP contribution is -2.35. The summed E-state index contributed by atoms with van der Waals surface area (Å²) in [6.45, 7) is 1.05. The lowest BCUT2D eigenvalue weighted by molar-refractivity contribution is 0.339. The van der Waals surface area contributed by atoms with Gasteiger partial charge in [0.1, 0.15) is 6.33 Å². The van der Waals surface area contributed by atoms with Gasteiger partial charge in [0.2, 0.25) is 5.75 Å². The van der Waals surface area contributed by atoms with Crippen molar-refractivity contribution < 1.29 is 4.74 Å². The summed E-state index contributed by atoms with van der Waals surface area (Å²) in [4.78, 5) is 10.9. The first-order valence-electron chi connectivity index (χ1n) is 6.97. The Bertz CT molecular complexity index is 453. The van der Waals surface area contributed by atoms with Crippen molar-refractivity contribution in [2.24, 2.45) is 11.8 Å². The van der Waals surface area contributed by atoms with Gasteiger partial charge in [-0.2, -0.15) is 0 Å². The Balaban J connectivity index is 1.93. The summed E-state index contributed by atoms with van der Waals surface area (Å²) in [5.74, 6) is 8.37. The van der Waals surface area contributed by atoms with Gasteiger partial charge in [-0.15, -0.1) is 0 Å². The number of hydrogen-bond donors (Lipinski definition) is 2. The van der Waals surface area contributed by atoms with Gasteiger partial charge in [0.15, 0.2) is 11.6 Å². The van der Waals surface area contributed by atoms with E-state index in [2.05, 4.69) is 20.3 Å². The lowest BCUT2D eigenvalue weighted by atomic mass is 9.85. The molecule has 0 aromatic carbocycles. The highest BCUT2D eigenvalue weighted by atomic mass is 16.5. The van der Waals surface area contributed by atoms with Crippen LogP contribution in [-0.4, -0.2) is 29.7 Å². The minimum absolute atomic E-state index is 0.548. The fraction of sp³-hybridized carbons (Fsp3) is 0.692. The monoisotopic (exact) mass is 263 g/mol.